The summed E-state index contributed by atoms with van der Waals surface area (Å²) in [4.78, 5) is 5.48. The molecule has 0 saturated heterocycles. The van der Waals surface area contributed by atoms with Crippen LogP contribution in [0.1, 0.15) is 25.0 Å². The van der Waals surface area contributed by atoms with E-state index in [-0.39, 0.29) is 0 Å². The number of benzene rings is 2. The third-order valence-corrected chi connectivity index (χ3v) is 6.20. The predicted octanol–water partition coefficient (Wildman–Crippen LogP) is 6.41. The average Bonchev–Trinajstić information content (AvgIpc) is 2.55. The molecule has 0 radical (unpaired) electrons. The summed E-state index contributed by atoms with van der Waals surface area (Å²) in [6.45, 7) is 4.47. The number of aryl methyl sites for hydroxylation is 2. The van der Waals surface area contributed by atoms with Gasteiger partial charge in [-0.05, 0) is 72.9 Å². The third-order valence-electron chi connectivity index (χ3n) is 3.52. The molecule has 0 unspecified atom stereocenters. The molecule has 0 heterocycles. The maximum absolute atomic E-state index is 2.33. The van der Waals surface area contributed by atoms with Gasteiger partial charge in [0.05, 0.1) is 0 Å². The van der Waals surface area contributed by atoms with E-state index in [1.54, 1.807) is 0 Å². The molecule has 0 fully saturated rings. The smallest absolute Gasteiger partial charge is 0.0155 e. The molecule has 3 heteroatoms. The molecule has 0 amide bonds. The molecular formula is C18H22S3. The molecule has 2 rings (SSSR count). The van der Waals surface area contributed by atoms with Crippen LogP contribution in [0.2, 0.25) is 0 Å². The van der Waals surface area contributed by atoms with Gasteiger partial charge in [0.15, 0.2) is 0 Å². The zero-order valence-electron chi connectivity index (χ0n) is 13.1. The molecule has 112 valence electrons. The Morgan fingerprint density at radius 1 is 0.714 bits per heavy atom. The van der Waals surface area contributed by atoms with E-state index in [2.05, 4.69) is 62.8 Å². The first-order valence-corrected chi connectivity index (χ1v) is 10.5. The first-order valence-electron chi connectivity index (χ1n) is 7.23. The Kier molecular flexibility index (Phi) is 6.59. The zero-order chi connectivity index (χ0) is 15.2. The molecule has 2 aromatic carbocycles. The van der Waals surface area contributed by atoms with E-state index >= 15 is 0 Å². The van der Waals surface area contributed by atoms with Crippen molar-refractivity contribution in [3.8, 4) is 0 Å². The molecule has 0 aliphatic carbocycles. The molecule has 0 N–H and O–H groups in total. The minimum absolute atomic E-state index is 1.08. The normalized spacial score (nSPS) is 10.9. The van der Waals surface area contributed by atoms with E-state index < -0.39 is 0 Å². The molecular weight excluding hydrogens is 312 g/mol. The van der Waals surface area contributed by atoms with Gasteiger partial charge in [-0.15, -0.1) is 23.5 Å². The molecule has 0 atom stereocenters. The summed E-state index contributed by atoms with van der Waals surface area (Å²) in [7, 11) is 0. The van der Waals surface area contributed by atoms with E-state index in [0.29, 0.717) is 0 Å². The van der Waals surface area contributed by atoms with Gasteiger partial charge in [0.2, 0.25) is 0 Å². The van der Waals surface area contributed by atoms with E-state index in [9.17, 15) is 0 Å². The van der Waals surface area contributed by atoms with Crippen molar-refractivity contribution in [2.45, 2.75) is 46.3 Å². The van der Waals surface area contributed by atoms with Crippen molar-refractivity contribution in [2.75, 3.05) is 12.5 Å². The van der Waals surface area contributed by atoms with Crippen LogP contribution in [0.25, 0.3) is 0 Å². The SMILES string of the molecule is CCc1cc(SC)ccc1Sc1ccc(SC)cc1CC. The summed E-state index contributed by atoms with van der Waals surface area (Å²) in [5.41, 5.74) is 2.89. The summed E-state index contributed by atoms with van der Waals surface area (Å²) in [6, 6.07) is 13.7. The van der Waals surface area contributed by atoms with Gasteiger partial charge in [-0.2, -0.15) is 0 Å². The highest BCUT2D eigenvalue weighted by molar-refractivity contribution is 7.99. The summed E-state index contributed by atoms with van der Waals surface area (Å²) in [5.74, 6) is 0. The molecule has 0 aromatic heterocycles. The van der Waals surface area contributed by atoms with Crippen molar-refractivity contribution < 1.29 is 0 Å². The Labute approximate surface area is 141 Å². The minimum atomic E-state index is 1.08. The molecule has 0 aliphatic rings. The van der Waals surface area contributed by atoms with Crippen molar-refractivity contribution >= 4 is 35.3 Å². The monoisotopic (exact) mass is 334 g/mol. The molecule has 2 aromatic rings. The predicted molar refractivity (Wildman–Crippen MR) is 99.3 cm³/mol. The fraction of sp³-hybridized carbons (Fsp3) is 0.333. The number of rotatable bonds is 6. The van der Waals surface area contributed by atoms with Crippen LogP contribution >= 0.6 is 35.3 Å². The van der Waals surface area contributed by atoms with Crippen LogP contribution in [-0.4, -0.2) is 12.5 Å². The van der Waals surface area contributed by atoms with Crippen LogP contribution in [0.3, 0.4) is 0 Å². The fourth-order valence-electron chi connectivity index (χ4n) is 2.24. The zero-order valence-corrected chi connectivity index (χ0v) is 15.6. The van der Waals surface area contributed by atoms with Crippen molar-refractivity contribution in [1.29, 1.82) is 0 Å². The van der Waals surface area contributed by atoms with Crippen LogP contribution in [-0.2, 0) is 12.8 Å². The summed E-state index contributed by atoms with van der Waals surface area (Å²) in [6.07, 6.45) is 6.44. The summed E-state index contributed by atoms with van der Waals surface area (Å²) in [5, 5.41) is 0. The van der Waals surface area contributed by atoms with Gasteiger partial charge in [-0.3, -0.25) is 0 Å². The first kappa shape index (κ1) is 16.9. The molecule has 0 spiro atoms. The molecule has 21 heavy (non-hydrogen) atoms. The lowest BCUT2D eigenvalue weighted by Crippen LogP contribution is -1.90. The lowest BCUT2D eigenvalue weighted by atomic mass is 10.2. The summed E-state index contributed by atoms with van der Waals surface area (Å²) < 4.78 is 0. The van der Waals surface area contributed by atoms with Crippen LogP contribution < -0.4 is 0 Å². The highest BCUT2D eigenvalue weighted by atomic mass is 32.2. The number of hydrogen-bond donors (Lipinski definition) is 0. The second-order valence-corrected chi connectivity index (χ2v) is 7.60. The van der Waals surface area contributed by atoms with Gasteiger partial charge in [-0.25, -0.2) is 0 Å². The lowest BCUT2D eigenvalue weighted by molar-refractivity contribution is 1.05. The van der Waals surface area contributed by atoms with Crippen molar-refractivity contribution in [2.24, 2.45) is 0 Å². The largest absolute Gasteiger partial charge is 0.130 e. The lowest BCUT2D eigenvalue weighted by Gasteiger charge is -2.13. The Hall–Kier alpha value is -0.510. The van der Waals surface area contributed by atoms with Gasteiger partial charge in [0.25, 0.3) is 0 Å². The fourth-order valence-corrected chi connectivity index (χ4v) is 4.34. The van der Waals surface area contributed by atoms with Gasteiger partial charge in [0, 0.05) is 19.6 Å². The number of thioether (sulfide) groups is 2. The maximum atomic E-state index is 2.33. The highest BCUT2D eigenvalue weighted by Crippen LogP contribution is 2.36. The van der Waals surface area contributed by atoms with E-state index in [4.69, 9.17) is 0 Å². The second-order valence-electron chi connectivity index (χ2n) is 4.76. The van der Waals surface area contributed by atoms with Crippen molar-refractivity contribution in [3.05, 3.63) is 47.5 Å². The second kappa shape index (κ2) is 8.21. The van der Waals surface area contributed by atoms with Crippen molar-refractivity contribution in [3.63, 3.8) is 0 Å². The highest BCUT2D eigenvalue weighted by Gasteiger charge is 2.08. The topological polar surface area (TPSA) is 0 Å². The van der Waals surface area contributed by atoms with E-state index in [1.807, 2.05) is 35.3 Å². The average molecular weight is 335 g/mol. The van der Waals surface area contributed by atoms with Gasteiger partial charge < -0.3 is 0 Å². The number of hydrogen-bond acceptors (Lipinski definition) is 3. The maximum Gasteiger partial charge on any atom is 0.0155 e. The summed E-state index contributed by atoms with van der Waals surface area (Å²) >= 11 is 5.54. The molecule has 0 saturated carbocycles. The first-order chi connectivity index (χ1) is 10.2. The van der Waals surface area contributed by atoms with Crippen LogP contribution in [0, 0.1) is 0 Å². The van der Waals surface area contributed by atoms with Crippen LogP contribution in [0.4, 0.5) is 0 Å². The Balaban J connectivity index is 2.33. The quantitative estimate of drug-likeness (QED) is 0.560. The van der Waals surface area contributed by atoms with Crippen LogP contribution in [0.5, 0.6) is 0 Å². The van der Waals surface area contributed by atoms with Crippen LogP contribution in [0.15, 0.2) is 56.0 Å². The van der Waals surface area contributed by atoms with Gasteiger partial charge in [0.1, 0.15) is 0 Å². The molecule has 0 aliphatic heterocycles. The van der Waals surface area contributed by atoms with E-state index in [1.165, 1.54) is 30.7 Å². The third kappa shape index (κ3) is 4.24. The standard InChI is InChI=1S/C18H22S3/c1-5-13-11-15(19-3)7-9-17(13)21-18-10-8-16(20-4)12-14(18)6-2/h7-12H,5-6H2,1-4H3. The van der Waals surface area contributed by atoms with Gasteiger partial charge in [-0.1, -0.05) is 25.6 Å². The Morgan fingerprint density at radius 2 is 1.14 bits per heavy atom. The minimum Gasteiger partial charge on any atom is -0.130 e. The molecule has 0 nitrogen and oxygen atoms in total. The Bertz CT molecular complexity index is 552. The van der Waals surface area contributed by atoms with E-state index in [0.717, 1.165) is 12.8 Å². The van der Waals surface area contributed by atoms with Gasteiger partial charge >= 0.3 is 0 Å². The Morgan fingerprint density at radius 3 is 1.48 bits per heavy atom. The molecule has 0 bridgehead atoms. The van der Waals surface area contributed by atoms with Crippen molar-refractivity contribution in [1.82, 2.24) is 0 Å².